The highest BCUT2D eigenvalue weighted by molar-refractivity contribution is 6.10. The van der Waals surface area contributed by atoms with E-state index in [1.54, 1.807) is 36.8 Å². The van der Waals surface area contributed by atoms with Gasteiger partial charge in [-0.25, -0.2) is 14.2 Å². The van der Waals surface area contributed by atoms with Crippen molar-refractivity contribution >= 4 is 17.4 Å². The van der Waals surface area contributed by atoms with Gasteiger partial charge in [-0.15, -0.1) is 0 Å². The molecule has 5 heterocycles. The van der Waals surface area contributed by atoms with Crippen LogP contribution in [0.3, 0.4) is 0 Å². The van der Waals surface area contributed by atoms with Gasteiger partial charge in [0.2, 0.25) is 0 Å². The molecule has 0 spiro atoms. The van der Waals surface area contributed by atoms with E-state index in [4.69, 9.17) is 0 Å². The Balaban J connectivity index is 1.60. The minimum absolute atomic E-state index is 0.110. The Hall–Kier alpha value is -3.70. The monoisotopic (exact) mass is 472 g/mol. The summed E-state index contributed by atoms with van der Waals surface area (Å²) in [5.74, 6) is -0.367. The summed E-state index contributed by atoms with van der Waals surface area (Å²) in [7, 11) is 0. The molecule has 1 aliphatic heterocycles. The van der Waals surface area contributed by atoms with Gasteiger partial charge >= 0.3 is 6.18 Å². The molecular weight excluding hydrogens is 449 g/mol. The van der Waals surface area contributed by atoms with E-state index in [1.807, 2.05) is 18.5 Å². The molecule has 0 unspecified atom stereocenters. The summed E-state index contributed by atoms with van der Waals surface area (Å²) in [6, 6.07) is 0.792. The summed E-state index contributed by atoms with van der Waals surface area (Å²) in [4.78, 5) is 19.4. The highest BCUT2D eigenvalue weighted by atomic mass is 19.4. The third-order valence-corrected chi connectivity index (χ3v) is 6.29. The maximum Gasteiger partial charge on any atom is 0.410 e. The molecule has 0 fully saturated rings. The van der Waals surface area contributed by atoms with E-state index < -0.39 is 24.2 Å². The van der Waals surface area contributed by atoms with Crippen LogP contribution >= 0.6 is 0 Å². The number of carbonyl (C=O) groups is 1. The molecule has 5 rings (SSSR count). The summed E-state index contributed by atoms with van der Waals surface area (Å²) < 4.78 is 45.4. The molecule has 12 heteroatoms. The molecule has 0 N–H and O–H groups in total. The van der Waals surface area contributed by atoms with Crippen LogP contribution in [0.2, 0.25) is 0 Å². The average Bonchev–Trinajstić information content (AvgIpc) is 3.47. The molecule has 0 aromatic carbocycles. The number of hydrogen-bond acceptors (Lipinski definition) is 5. The lowest BCUT2D eigenvalue weighted by atomic mass is 10.0. The van der Waals surface area contributed by atoms with Gasteiger partial charge in [0.25, 0.3) is 5.91 Å². The molecule has 34 heavy (non-hydrogen) atoms. The van der Waals surface area contributed by atoms with Crippen molar-refractivity contribution in [2.24, 2.45) is 0 Å². The van der Waals surface area contributed by atoms with Crippen LogP contribution in [-0.2, 0) is 6.54 Å². The zero-order valence-electron chi connectivity index (χ0n) is 19.1. The van der Waals surface area contributed by atoms with Crippen molar-refractivity contribution in [3.63, 3.8) is 0 Å². The Morgan fingerprint density at radius 2 is 1.97 bits per heavy atom. The number of fused-ring (bicyclic) bond motifs is 2. The normalized spacial score (nSPS) is 18.5. The largest absolute Gasteiger partial charge is 0.410 e. The molecule has 4 aromatic heterocycles. The van der Waals surface area contributed by atoms with E-state index in [9.17, 15) is 18.0 Å². The van der Waals surface area contributed by atoms with Crippen LogP contribution in [0.5, 0.6) is 0 Å². The van der Waals surface area contributed by atoms with E-state index in [2.05, 4.69) is 20.3 Å². The van der Waals surface area contributed by atoms with Gasteiger partial charge in [0.15, 0.2) is 11.7 Å². The number of halogens is 3. The van der Waals surface area contributed by atoms with E-state index in [0.29, 0.717) is 23.6 Å². The topological polar surface area (TPSA) is 86.1 Å². The van der Waals surface area contributed by atoms with Crippen LogP contribution in [0.25, 0.3) is 16.9 Å². The summed E-state index contributed by atoms with van der Waals surface area (Å²) >= 11 is 0. The molecule has 1 aliphatic rings. The van der Waals surface area contributed by atoms with Gasteiger partial charge in [0.1, 0.15) is 11.4 Å². The SMILES string of the molecule is CCn1ncc(-c2ccnc3c(C(=O)N4c5cc(C)nn5[C@@H](C(F)(F)F)C[C@@H]4C)cnn23)c1C. The molecule has 4 aromatic rings. The molecule has 0 aliphatic carbocycles. The Morgan fingerprint density at radius 3 is 2.65 bits per heavy atom. The molecule has 0 saturated carbocycles. The maximum atomic E-state index is 13.7. The third kappa shape index (κ3) is 3.27. The van der Waals surface area contributed by atoms with Crippen LogP contribution in [0.15, 0.2) is 30.7 Å². The fourth-order valence-corrected chi connectivity index (χ4v) is 4.64. The highest BCUT2D eigenvalue weighted by Crippen LogP contribution is 2.42. The standard InChI is InChI=1S/C22H23F3N8O/c1-5-30-14(4)15(10-27-30)17-6-7-26-20-16(11-28-32(17)20)21(34)31-13(3)9-18(22(23,24)25)33-19(31)8-12(2)29-33/h6-8,10-11,13,18H,5,9H2,1-4H3/t13-,18+/m0/s1. The van der Waals surface area contributed by atoms with Crippen molar-refractivity contribution in [1.82, 2.24) is 34.2 Å². The molecule has 9 nitrogen and oxygen atoms in total. The van der Waals surface area contributed by atoms with Gasteiger partial charge < -0.3 is 0 Å². The lowest BCUT2D eigenvalue weighted by Crippen LogP contribution is -2.48. The van der Waals surface area contributed by atoms with Gasteiger partial charge in [0.05, 0.1) is 23.8 Å². The van der Waals surface area contributed by atoms with Crippen molar-refractivity contribution in [1.29, 1.82) is 0 Å². The first-order valence-corrected chi connectivity index (χ1v) is 10.9. The summed E-state index contributed by atoms with van der Waals surface area (Å²) in [6.45, 7) is 7.86. The van der Waals surface area contributed by atoms with Crippen molar-refractivity contribution in [2.75, 3.05) is 4.90 Å². The predicted octanol–water partition coefficient (Wildman–Crippen LogP) is 3.97. The number of amides is 1. The summed E-state index contributed by atoms with van der Waals surface area (Å²) in [6.07, 6.45) is -0.0412. The molecule has 0 radical (unpaired) electrons. The second-order valence-electron chi connectivity index (χ2n) is 8.49. The van der Waals surface area contributed by atoms with E-state index >= 15 is 0 Å². The molecule has 178 valence electrons. The summed E-state index contributed by atoms with van der Waals surface area (Å²) in [5.41, 5.74) is 3.43. The number of hydrogen-bond donors (Lipinski definition) is 0. The Kier molecular flexibility index (Phi) is 4.99. The van der Waals surface area contributed by atoms with Gasteiger partial charge in [-0.05, 0) is 40.2 Å². The fraction of sp³-hybridized carbons (Fsp3) is 0.409. The van der Waals surface area contributed by atoms with Gasteiger partial charge in [0, 0.05) is 36.1 Å². The van der Waals surface area contributed by atoms with E-state index in [1.165, 1.54) is 17.2 Å². The molecule has 2 atom stereocenters. The molecule has 0 saturated heterocycles. The first-order chi connectivity index (χ1) is 16.1. The van der Waals surface area contributed by atoms with Crippen molar-refractivity contribution in [3.05, 3.63) is 47.7 Å². The number of alkyl halides is 3. The van der Waals surface area contributed by atoms with Crippen molar-refractivity contribution in [3.8, 4) is 11.3 Å². The van der Waals surface area contributed by atoms with Crippen molar-refractivity contribution < 1.29 is 18.0 Å². The molecule has 0 bridgehead atoms. The lowest BCUT2D eigenvalue weighted by Gasteiger charge is -2.38. The summed E-state index contributed by atoms with van der Waals surface area (Å²) in [5, 5.41) is 12.8. The minimum Gasteiger partial charge on any atom is -0.290 e. The van der Waals surface area contributed by atoms with Crippen LogP contribution in [0, 0.1) is 13.8 Å². The number of rotatable bonds is 3. The number of anilines is 1. The molecule has 1 amide bonds. The highest BCUT2D eigenvalue weighted by Gasteiger charge is 2.48. The minimum atomic E-state index is -4.47. The van der Waals surface area contributed by atoms with E-state index in [0.717, 1.165) is 15.9 Å². The number of nitrogens with zero attached hydrogens (tertiary/aromatic N) is 8. The number of aromatic nitrogens is 7. The fourth-order valence-electron chi connectivity index (χ4n) is 4.64. The maximum absolute atomic E-state index is 13.7. The second kappa shape index (κ2) is 7.67. The smallest absolute Gasteiger partial charge is 0.290 e. The molecular formula is C22H23F3N8O. The Morgan fingerprint density at radius 1 is 1.21 bits per heavy atom. The van der Waals surface area contributed by atoms with Gasteiger partial charge in [-0.1, -0.05) is 0 Å². The van der Waals surface area contributed by atoms with Crippen LogP contribution in [0.1, 0.15) is 48.1 Å². The lowest BCUT2D eigenvalue weighted by molar-refractivity contribution is -0.174. The Bertz CT molecular complexity index is 1400. The zero-order valence-corrected chi connectivity index (χ0v) is 19.1. The van der Waals surface area contributed by atoms with Gasteiger partial charge in [-0.2, -0.15) is 28.5 Å². The quantitative estimate of drug-likeness (QED) is 0.451. The first-order valence-electron chi connectivity index (χ1n) is 10.9. The van der Waals surface area contributed by atoms with Crippen LogP contribution in [-0.4, -0.2) is 52.3 Å². The Labute approximate surface area is 192 Å². The predicted molar refractivity (Wildman–Crippen MR) is 118 cm³/mol. The second-order valence-corrected chi connectivity index (χ2v) is 8.49. The number of carbonyl (C=O) groups excluding carboxylic acids is 1. The van der Waals surface area contributed by atoms with E-state index in [-0.39, 0.29) is 17.8 Å². The average molecular weight is 472 g/mol. The zero-order chi connectivity index (χ0) is 24.4. The number of aryl methyl sites for hydroxylation is 2. The van der Waals surface area contributed by atoms with Crippen LogP contribution in [0.4, 0.5) is 19.0 Å². The third-order valence-electron chi connectivity index (χ3n) is 6.29. The first kappa shape index (κ1) is 22.1. The van der Waals surface area contributed by atoms with Crippen LogP contribution < -0.4 is 4.90 Å². The van der Waals surface area contributed by atoms with Gasteiger partial charge in [-0.3, -0.25) is 14.4 Å². The van der Waals surface area contributed by atoms with Crippen molar-refractivity contribution in [2.45, 2.75) is 58.9 Å².